The molecule has 7 nitrogen and oxygen atoms in total. The minimum absolute atomic E-state index is 0.0854. The van der Waals surface area contributed by atoms with Gasteiger partial charge in [0.1, 0.15) is 0 Å². The second-order valence-corrected chi connectivity index (χ2v) is 9.21. The summed E-state index contributed by atoms with van der Waals surface area (Å²) in [5.74, 6) is 1.38. The third-order valence-electron chi connectivity index (χ3n) is 5.00. The summed E-state index contributed by atoms with van der Waals surface area (Å²) >= 11 is 6.15. The molecule has 25 heavy (non-hydrogen) atoms. The summed E-state index contributed by atoms with van der Waals surface area (Å²) in [6, 6.07) is 3.35. The number of benzene rings is 1. The predicted octanol–water partition coefficient (Wildman–Crippen LogP) is 1.01. The van der Waals surface area contributed by atoms with E-state index in [1.165, 1.54) is 0 Å². The van der Waals surface area contributed by atoms with Gasteiger partial charge >= 0.3 is 0 Å². The summed E-state index contributed by atoms with van der Waals surface area (Å²) in [7, 11) is -2.89. The van der Waals surface area contributed by atoms with Gasteiger partial charge in [0, 0.05) is 37.8 Å². The quantitative estimate of drug-likeness (QED) is 0.755. The summed E-state index contributed by atoms with van der Waals surface area (Å²) in [5.41, 5.74) is 0.478. The fourth-order valence-electron chi connectivity index (χ4n) is 3.63. The first-order valence-electron chi connectivity index (χ1n) is 8.26. The summed E-state index contributed by atoms with van der Waals surface area (Å²) in [6.45, 7) is 2.62. The van der Waals surface area contributed by atoms with Crippen molar-refractivity contribution in [3.05, 3.63) is 22.7 Å². The Bertz CT molecular complexity index is 805. The van der Waals surface area contributed by atoms with E-state index in [1.807, 2.05) is 0 Å². The van der Waals surface area contributed by atoms with Crippen LogP contribution in [0.1, 0.15) is 16.8 Å². The van der Waals surface area contributed by atoms with Gasteiger partial charge in [-0.15, -0.1) is 0 Å². The van der Waals surface area contributed by atoms with Crippen LogP contribution in [0.3, 0.4) is 0 Å². The zero-order valence-corrected chi connectivity index (χ0v) is 15.2. The summed E-state index contributed by atoms with van der Waals surface area (Å²) < 4.78 is 33.9. The molecule has 9 heteroatoms. The molecule has 0 N–H and O–H groups in total. The van der Waals surface area contributed by atoms with Crippen molar-refractivity contribution in [2.45, 2.75) is 12.5 Å². The van der Waals surface area contributed by atoms with Gasteiger partial charge < -0.3 is 14.4 Å². The Morgan fingerprint density at radius 3 is 2.60 bits per heavy atom. The predicted molar refractivity (Wildman–Crippen MR) is 92.1 cm³/mol. The maximum absolute atomic E-state index is 12.7. The van der Waals surface area contributed by atoms with Crippen molar-refractivity contribution in [1.29, 1.82) is 0 Å². The minimum Gasteiger partial charge on any atom is -0.454 e. The molecule has 1 atom stereocenters. The molecular weight excluding hydrogens is 368 g/mol. The maximum atomic E-state index is 12.7. The molecule has 0 aromatic heterocycles. The van der Waals surface area contributed by atoms with Crippen LogP contribution in [0.4, 0.5) is 0 Å². The van der Waals surface area contributed by atoms with Crippen LogP contribution in [0.15, 0.2) is 12.1 Å². The molecule has 1 unspecified atom stereocenters. The van der Waals surface area contributed by atoms with Crippen LogP contribution in [-0.4, -0.2) is 74.6 Å². The van der Waals surface area contributed by atoms with Crippen LogP contribution in [-0.2, 0) is 9.84 Å². The molecule has 2 fully saturated rings. The lowest BCUT2D eigenvalue weighted by molar-refractivity contribution is 0.0587. The third-order valence-corrected chi connectivity index (χ3v) is 7.03. The number of amides is 1. The second kappa shape index (κ2) is 6.34. The van der Waals surface area contributed by atoms with Gasteiger partial charge in [0.2, 0.25) is 6.79 Å². The van der Waals surface area contributed by atoms with Crippen molar-refractivity contribution < 1.29 is 22.7 Å². The molecule has 3 aliphatic heterocycles. The highest BCUT2D eigenvalue weighted by Gasteiger charge is 2.34. The van der Waals surface area contributed by atoms with Crippen LogP contribution in [0.25, 0.3) is 0 Å². The summed E-state index contributed by atoms with van der Waals surface area (Å²) in [4.78, 5) is 16.7. The number of fused-ring (bicyclic) bond motifs is 1. The Balaban J connectivity index is 1.41. The topological polar surface area (TPSA) is 76.2 Å². The van der Waals surface area contributed by atoms with E-state index < -0.39 is 9.84 Å². The highest BCUT2D eigenvalue weighted by Crippen LogP contribution is 2.40. The number of rotatable bonds is 2. The summed E-state index contributed by atoms with van der Waals surface area (Å²) in [6.07, 6.45) is 0.689. The van der Waals surface area contributed by atoms with Crippen LogP contribution < -0.4 is 9.47 Å². The molecule has 0 bridgehead atoms. The number of hydrogen-bond donors (Lipinski definition) is 0. The zero-order valence-electron chi connectivity index (χ0n) is 13.6. The maximum Gasteiger partial charge on any atom is 0.254 e. The molecule has 3 heterocycles. The first-order chi connectivity index (χ1) is 11.9. The van der Waals surface area contributed by atoms with Crippen molar-refractivity contribution in [3.63, 3.8) is 0 Å². The lowest BCUT2D eigenvalue weighted by Crippen LogP contribution is -2.52. The molecule has 1 aromatic carbocycles. The second-order valence-electron chi connectivity index (χ2n) is 6.58. The molecule has 2 saturated heterocycles. The molecule has 0 aliphatic carbocycles. The summed E-state index contributed by atoms with van der Waals surface area (Å²) in [5, 5.41) is 0.369. The number of sulfone groups is 1. The minimum atomic E-state index is -2.89. The van der Waals surface area contributed by atoms with Gasteiger partial charge in [0.25, 0.3) is 5.91 Å². The molecule has 136 valence electrons. The van der Waals surface area contributed by atoms with Gasteiger partial charge in [-0.25, -0.2) is 8.42 Å². The molecule has 0 spiro atoms. The van der Waals surface area contributed by atoms with Crippen molar-refractivity contribution in [1.82, 2.24) is 9.80 Å². The lowest BCUT2D eigenvalue weighted by atomic mass is 10.1. The fourth-order valence-corrected chi connectivity index (χ4v) is 5.65. The van der Waals surface area contributed by atoms with E-state index >= 15 is 0 Å². The van der Waals surface area contributed by atoms with Crippen molar-refractivity contribution in [3.8, 4) is 11.5 Å². The highest BCUT2D eigenvalue weighted by atomic mass is 35.5. The molecular formula is C16H19ClN2O5S. The number of carbonyl (C=O) groups is 1. The number of nitrogens with zero attached hydrogens (tertiary/aromatic N) is 2. The molecule has 1 amide bonds. The van der Waals surface area contributed by atoms with Gasteiger partial charge in [0.05, 0.1) is 16.5 Å². The van der Waals surface area contributed by atoms with Gasteiger partial charge in [-0.3, -0.25) is 9.69 Å². The van der Waals surface area contributed by atoms with Crippen molar-refractivity contribution in [2.75, 3.05) is 44.5 Å². The normalized spacial score (nSPS) is 25.3. The van der Waals surface area contributed by atoms with E-state index in [2.05, 4.69) is 4.90 Å². The van der Waals surface area contributed by atoms with Gasteiger partial charge in [-0.2, -0.15) is 0 Å². The Labute approximate surface area is 151 Å². The molecule has 1 aromatic rings. The van der Waals surface area contributed by atoms with E-state index in [4.69, 9.17) is 21.1 Å². The largest absolute Gasteiger partial charge is 0.454 e. The SMILES string of the molecule is O=C(c1cc(Cl)c2c(c1)OCO2)N1CCN(C2CCS(=O)(=O)C2)CC1. The van der Waals surface area contributed by atoms with Crippen molar-refractivity contribution in [2.24, 2.45) is 0 Å². The van der Waals surface area contributed by atoms with Gasteiger partial charge in [-0.1, -0.05) is 11.6 Å². The van der Waals surface area contributed by atoms with E-state index in [1.54, 1.807) is 17.0 Å². The Morgan fingerprint density at radius 2 is 1.92 bits per heavy atom. The Kier molecular flexibility index (Phi) is 4.29. The van der Waals surface area contributed by atoms with Crippen LogP contribution in [0.5, 0.6) is 11.5 Å². The average molecular weight is 387 g/mol. The van der Waals surface area contributed by atoms with E-state index in [9.17, 15) is 13.2 Å². The third kappa shape index (κ3) is 3.30. The lowest BCUT2D eigenvalue weighted by Gasteiger charge is -2.37. The molecule has 0 saturated carbocycles. The first-order valence-corrected chi connectivity index (χ1v) is 10.5. The van der Waals surface area contributed by atoms with Crippen LogP contribution in [0.2, 0.25) is 5.02 Å². The molecule has 3 aliphatic rings. The number of halogens is 1. The molecule has 0 radical (unpaired) electrons. The van der Waals surface area contributed by atoms with Crippen molar-refractivity contribution >= 4 is 27.3 Å². The fraction of sp³-hybridized carbons (Fsp3) is 0.562. The van der Waals surface area contributed by atoms with E-state index in [0.29, 0.717) is 54.7 Å². The number of ether oxygens (including phenoxy) is 2. The monoisotopic (exact) mass is 386 g/mol. The van der Waals surface area contributed by atoms with Crippen LogP contribution in [0, 0.1) is 0 Å². The van der Waals surface area contributed by atoms with Gasteiger partial charge in [-0.05, 0) is 18.6 Å². The smallest absolute Gasteiger partial charge is 0.254 e. The highest BCUT2D eigenvalue weighted by molar-refractivity contribution is 7.91. The number of hydrogen-bond acceptors (Lipinski definition) is 6. The zero-order chi connectivity index (χ0) is 17.6. The van der Waals surface area contributed by atoms with Gasteiger partial charge in [0.15, 0.2) is 21.3 Å². The van der Waals surface area contributed by atoms with E-state index in [0.717, 1.165) is 0 Å². The Morgan fingerprint density at radius 1 is 1.16 bits per heavy atom. The Hall–Kier alpha value is -1.51. The van der Waals surface area contributed by atoms with Crippen LogP contribution >= 0.6 is 11.6 Å². The molecule has 4 rings (SSSR count). The van der Waals surface area contributed by atoms with E-state index in [-0.39, 0.29) is 30.2 Å². The average Bonchev–Trinajstić information content (AvgIpc) is 3.20. The first kappa shape index (κ1) is 16.9. The standard InChI is InChI=1S/C16H19ClN2O5S/c17-13-7-11(8-14-15(13)24-10-23-14)16(20)19-4-2-18(3-5-19)12-1-6-25(21,22)9-12/h7-8,12H,1-6,9-10H2. The number of piperazine rings is 1. The number of carbonyl (C=O) groups excluding carboxylic acids is 1.